The molecule has 0 aromatic carbocycles. The van der Waals surface area contributed by atoms with Crippen LogP contribution in [-0.4, -0.2) is 20.2 Å². The van der Waals surface area contributed by atoms with E-state index in [-0.39, 0.29) is 5.41 Å². The Labute approximate surface area is 132 Å². The molecule has 0 spiro atoms. The van der Waals surface area contributed by atoms with Gasteiger partial charge in [0.25, 0.3) is 0 Å². The van der Waals surface area contributed by atoms with Crippen LogP contribution in [0.3, 0.4) is 0 Å². The fourth-order valence-corrected chi connectivity index (χ4v) is 2.55. The van der Waals surface area contributed by atoms with Crippen LogP contribution in [0.15, 0.2) is 34.2 Å². The zero-order valence-electron chi connectivity index (χ0n) is 12.7. The van der Waals surface area contributed by atoms with Crippen LogP contribution < -0.4 is 5.32 Å². The molecule has 6 nitrogen and oxygen atoms in total. The SMILES string of the molecule is CC(C)(C)c1nnc(NCc2csc(-c3ccccn3)n2)o1. The maximum absolute atomic E-state index is 5.59. The van der Waals surface area contributed by atoms with Gasteiger partial charge in [0, 0.05) is 17.0 Å². The summed E-state index contributed by atoms with van der Waals surface area (Å²) in [6.07, 6.45) is 1.77. The first-order valence-corrected chi connectivity index (χ1v) is 7.84. The van der Waals surface area contributed by atoms with E-state index < -0.39 is 0 Å². The Balaban J connectivity index is 1.65. The number of thiazole rings is 1. The lowest BCUT2D eigenvalue weighted by molar-refractivity contribution is 0.399. The summed E-state index contributed by atoms with van der Waals surface area (Å²) in [4.78, 5) is 8.85. The van der Waals surface area contributed by atoms with Crippen molar-refractivity contribution < 1.29 is 4.42 Å². The number of aromatic nitrogens is 4. The van der Waals surface area contributed by atoms with Crippen molar-refractivity contribution in [2.75, 3.05) is 5.32 Å². The lowest BCUT2D eigenvalue weighted by atomic mass is 9.97. The van der Waals surface area contributed by atoms with E-state index in [0.29, 0.717) is 18.5 Å². The van der Waals surface area contributed by atoms with Crippen molar-refractivity contribution in [1.29, 1.82) is 0 Å². The van der Waals surface area contributed by atoms with Crippen LogP contribution in [0.25, 0.3) is 10.7 Å². The van der Waals surface area contributed by atoms with Gasteiger partial charge in [-0.3, -0.25) is 4.98 Å². The van der Waals surface area contributed by atoms with Gasteiger partial charge in [-0.2, -0.15) is 0 Å². The lowest BCUT2D eigenvalue weighted by Gasteiger charge is -2.10. The highest BCUT2D eigenvalue weighted by atomic mass is 32.1. The Morgan fingerprint density at radius 2 is 2.09 bits per heavy atom. The van der Waals surface area contributed by atoms with Crippen molar-refractivity contribution in [3.63, 3.8) is 0 Å². The molecule has 0 bridgehead atoms. The maximum atomic E-state index is 5.59. The van der Waals surface area contributed by atoms with E-state index in [0.717, 1.165) is 16.4 Å². The minimum absolute atomic E-state index is 0.153. The van der Waals surface area contributed by atoms with Gasteiger partial charge in [-0.1, -0.05) is 31.9 Å². The minimum Gasteiger partial charge on any atom is -0.408 e. The van der Waals surface area contributed by atoms with E-state index >= 15 is 0 Å². The molecule has 1 N–H and O–H groups in total. The van der Waals surface area contributed by atoms with Crippen molar-refractivity contribution in [3.05, 3.63) is 41.4 Å². The van der Waals surface area contributed by atoms with E-state index in [1.807, 2.05) is 44.4 Å². The van der Waals surface area contributed by atoms with Gasteiger partial charge >= 0.3 is 6.01 Å². The van der Waals surface area contributed by atoms with Crippen molar-refractivity contribution in [2.45, 2.75) is 32.7 Å². The van der Waals surface area contributed by atoms with E-state index in [2.05, 4.69) is 25.5 Å². The first-order chi connectivity index (χ1) is 10.5. The summed E-state index contributed by atoms with van der Waals surface area (Å²) < 4.78 is 5.59. The molecule has 22 heavy (non-hydrogen) atoms. The van der Waals surface area contributed by atoms with Gasteiger partial charge in [0.05, 0.1) is 17.9 Å². The monoisotopic (exact) mass is 315 g/mol. The third-order valence-electron chi connectivity index (χ3n) is 2.92. The van der Waals surface area contributed by atoms with Crippen LogP contribution in [0, 0.1) is 0 Å². The fraction of sp³-hybridized carbons (Fsp3) is 0.333. The highest BCUT2D eigenvalue weighted by Crippen LogP contribution is 2.23. The molecule has 0 amide bonds. The van der Waals surface area contributed by atoms with Gasteiger partial charge in [-0.05, 0) is 12.1 Å². The highest BCUT2D eigenvalue weighted by Gasteiger charge is 2.21. The Bertz CT molecular complexity index is 745. The molecule has 0 fully saturated rings. The second-order valence-corrected chi connectivity index (χ2v) is 6.73. The van der Waals surface area contributed by atoms with E-state index in [1.165, 1.54) is 0 Å². The van der Waals surface area contributed by atoms with Crippen LogP contribution in [0.1, 0.15) is 32.4 Å². The van der Waals surface area contributed by atoms with E-state index in [9.17, 15) is 0 Å². The van der Waals surface area contributed by atoms with Crippen LogP contribution in [-0.2, 0) is 12.0 Å². The molecule has 3 aromatic rings. The minimum atomic E-state index is -0.153. The number of rotatable bonds is 4. The molecule has 0 radical (unpaired) electrons. The van der Waals surface area contributed by atoms with Crippen LogP contribution >= 0.6 is 11.3 Å². The Morgan fingerprint density at radius 1 is 1.23 bits per heavy atom. The summed E-state index contributed by atoms with van der Waals surface area (Å²) in [5, 5.41) is 14.0. The second kappa shape index (κ2) is 5.84. The number of nitrogens with zero attached hydrogens (tertiary/aromatic N) is 4. The molecule has 3 heterocycles. The predicted octanol–water partition coefficient (Wildman–Crippen LogP) is 3.50. The topological polar surface area (TPSA) is 76.7 Å². The lowest BCUT2D eigenvalue weighted by Crippen LogP contribution is -2.11. The van der Waals surface area contributed by atoms with Crippen molar-refractivity contribution >= 4 is 17.4 Å². The third-order valence-corrected chi connectivity index (χ3v) is 3.84. The smallest absolute Gasteiger partial charge is 0.315 e. The van der Waals surface area contributed by atoms with Crippen molar-refractivity contribution in [1.82, 2.24) is 20.2 Å². The molecule has 3 rings (SSSR count). The summed E-state index contributed by atoms with van der Waals surface area (Å²) in [5.41, 5.74) is 1.65. The number of hydrogen-bond donors (Lipinski definition) is 1. The first-order valence-electron chi connectivity index (χ1n) is 6.96. The molecular weight excluding hydrogens is 298 g/mol. The average molecular weight is 315 g/mol. The number of nitrogens with one attached hydrogen (secondary N) is 1. The predicted molar refractivity (Wildman–Crippen MR) is 85.7 cm³/mol. The zero-order valence-corrected chi connectivity index (χ0v) is 13.5. The van der Waals surface area contributed by atoms with Gasteiger partial charge < -0.3 is 9.73 Å². The summed E-state index contributed by atoms with van der Waals surface area (Å²) in [7, 11) is 0. The zero-order chi connectivity index (χ0) is 15.6. The number of anilines is 1. The molecule has 0 aliphatic carbocycles. The summed E-state index contributed by atoms with van der Waals surface area (Å²) in [6.45, 7) is 6.63. The van der Waals surface area contributed by atoms with Gasteiger partial charge in [0.2, 0.25) is 5.89 Å². The molecule has 7 heteroatoms. The summed E-state index contributed by atoms with van der Waals surface area (Å²) >= 11 is 1.57. The molecular formula is C15H17N5OS. The van der Waals surface area contributed by atoms with Crippen molar-refractivity contribution in [2.24, 2.45) is 0 Å². The van der Waals surface area contributed by atoms with Gasteiger partial charge in [-0.25, -0.2) is 4.98 Å². The molecule has 0 unspecified atom stereocenters. The first kappa shape index (κ1) is 14.6. The van der Waals surface area contributed by atoms with Crippen LogP contribution in [0.5, 0.6) is 0 Å². The van der Waals surface area contributed by atoms with Crippen LogP contribution in [0.2, 0.25) is 0 Å². The molecule has 0 atom stereocenters. The molecule has 114 valence electrons. The standard InChI is InChI=1S/C15H17N5OS/c1-15(2,3)13-19-20-14(21-13)17-8-10-9-22-12(18-10)11-6-4-5-7-16-11/h4-7,9H,8H2,1-3H3,(H,17,20). The summed E-state index contributed by atoms with van der Waals surface area (Å²) in [6, 6.07) is 6.21. The largest absolute Gasteiger partial charge is 0.408 e. The second-order valence-electron chi connectivity index (χ2n) is 5.87. The van der Waals surface area contributed by atoms with Gasteiger partial charge in [0.1, 0.15) is 5.01 Å². The third kappa shape index (κ3) is 3.30. The summed E-state index contributed by atoms with van der Waals surface area (Å²) in [5.74, 6) is 0.613. The van der Waals surface area contributed by atoms with E-state index in [4.69, 9.17) is 4.42 Å². The van der Waals surface area contributed by atoms with E-state index in [1.54, 1.807) is 17.5 Å². The van der Waals surface area contributed by atoms with Crippen LogP contribution in [0.4, 0.5) is 6.01 Å². The quantitative estimate of drug-likeness (QED) is 0.794. The Morgan fingerprint density at radius 3 is 2.77 bits per heavy atom. The normalized spacial score (nSPS) is 11.6. The molecule has 3 aromatic heterocycles. The van der Waals surface area contributed by atoms with Crippen molar-refractivity contribution in [3.8, 4) is 10.7 Å². The highest BCUT2D eigenvalue weighted by molar-refractivity contribution is 7.13. The van der Waals surface area contributed by atoms with Gasteiger partial charge in [0.15, 0.2) is 0 Å². The maximum Gasteiger partial charge on any atom is 0.315 e. The number of pyridine rings is 1. The Kier molecular flexibility index (Phi) is 3.89. The fourth-order valence-electron chi connectivity index (χ4n) is 1.76. The van der Waals surface area contributed by atoms with Gasteiger partial charge in [-0.15, -0.1) is 16.4 Å². The molecule has 0 saturated heterocycles. The molecule has 0 saturated carbocycles. The molecule has 0 aliphatic heterocycles. The number of hydrogen-bond acceptors (Lipinski definition) is 7. The average Bonchev–Trinajstić information content (AvgIpc) is 3.15. The molecule has 0 aliphatic rings. The Hall–Kier alpha value is -2.28.